The van der Waals surface area contributed by atoms with E-state index in [0.717, 1.165) is 0 Å². The SMILES string of the molecule is COc1c(Cl)ccc(Cl)c1C(=O)OCCC(O)C(O)C(O)C=O. The molecule has 1 aromatic rings. The summed E-state index contributed by atoms with van der Waals surface area (Å²) in [5, 5.41) is 28.3. The highest BCUT2D eigenvalue weighted by atomic mass is 35.5. The summed E-state index contributed by atoms with van der Waals surface area (Å²) < 4.78 is 9.95. The summed E-state index contributed by atoms with van der Waals surface area (Å²) in [5.41, 5.74) is -0.0652. The summed E-state index contributed by atoms with van der Waals surface area (Å²) in [6.07, 6.45) is -4.94. The van der Waals surface area contributed by atoms with Crippen molar-refractivity contribution in [2.75, 3.05) is 13.7 Å². The average Bonchev–Trinajstić information content (AvgIpc) is 2.54. The van der Waals surface area contributed by atoms with E-state index >= 15 is 0 Å². The first-order valence-electron chi connectivity index (χ1n) is 6.52. The van der Waals surface area contributed by atoms with Crippen LogP contribution in [0.15, 0.2) is 12.1 Å². The third-order valence-corrected chi connectivity index (χ3v) is 3.61. The molecule has 0 aliphatic carbocycles. The number of carbonyl (C=O) groups is 2. The van der Waals surface area contributed by atoms with E-state index in [4.69, 9.17) is 37.8 Å². The number of ether oxygens (including phenoxy) is 2. The number of aliphatic hydroxyl groups excluding tert-OH is 3. The lowest BCUT2D eigenvalue weighted by Crippen LogP contribution is -2.38. The number of methoxy groups -OCH3 is 1. The second kappa shape index (κ2) is 9.05. The normalized spacial score (nSPS) is 14.7. The molecule has 3 unspecified atom stereocenters. The molecule has 0 radical (unpaired) electrons. The molecule has 3 N–H and O–H groups in total. The maximum Gasteiger partial charge on any atom is 0.343 e. The van der Waals surface area contributed by atoms with Gasteiger partial charge in [0.05, 0.1) is 29.9 Å². The van der Waals surface area contributed by atoms with Crippen LogP contribution in [0.5, 0.6) is 5.75 Å². The Bertz CT molecular complexity index is 564. The highest BCUT2D eigenvalue weighted by Crippen LogP contribution is 2.34. The third-order valence-electron chi connectivity index (χ3n) is 3.00. The average molecular weight is 367 g/mol. The van der Waals surface area contributed by atoms with Gasteiger partial charge in [-0.1, -0.05) is 23.2 Å². The molecule has 3 atom stereocenters. The molecule has 23 heavy (non-hydrogen) atoms. The molecule has 1 rings (SSSR count). The fraction of sp³-hybridized carbons (Fsp3) is 0.429. The zero-order valence-electron chi connectivity index (χ0n) is 12.1. The van der Waals surface area contributed by atoms with Crippen LogP contribution in [-0.2, 0) is 9.53 Å². The van der Waals surface area contributed by atoms with Gasteiger partial charge in [0.1, 0.15) is 17.8 Å². The molecule has 0 aliphatic heterocycles. The Labute approximate surface area is 142 Å². The van der Waals surface area contributed by atoms with Gasteiger partial charge in [-0.3, -0.25) is 0 Å². The van der Waals surface area contributed by atoms with Crippen molar-refractivity contribution in [3.8, 4) is 5.75 Å². The van der Waals surface area contributed by atoms with Crippen molar-refractivity contribution in [2.24, 2.45) is 0 Å². The van der Waals surface area contributed by atoms with Crippen molar-refractivity contribution >= 4 is 35.5 Å². The predicted octanol–water partition coefficient (Wildman–Crippen LogP) is 0.830. The van der Waals surface area contributed by atoms with Gasteiger partial charge in [-0.05, 0) is 12.1 Å². The van der Waals surface area contributed by atoms with Gasteiger partial charge in [0.2, 0.25) is 0 Å². The maximum atomic E-state index is 12.0. The van der Waals surface area contributed by atoms with Crippen LogP contribution >= 0.6 is 23.2 Å². The second-order valence-electron chi connectivity index (χ2n) is 4.55. The number of aliphatic hydroxyl groups is 3. The lowest BCUT2D eigenvalue weighted by molar-refractivity contribution is -0.126. The molecule has 0 heterocycles. The molecule has 0 fully saturated rings. The molecule has 7 nitrogen and oxygen atoms in total. The first-order valence-corrected chi connectivity index (χ1v) is 7.27. The molecule has 0 amide bonds. The number of hydrogen-bond donors (Lipinski definition) is 3. The van der Waals surface area contributed by atoms with Crippen LogP contribution in [-0.4, -0.2) is 59.6 Å². The molecule has 0 aromatic heterocycles. The van der Waals surface area contributed by atoms with Gasteiger partial charge in [-0.15, -0.1) is 0 Å². The second-order valence-corrected chi connectivity index (χ2v) is 5.36. The van der Waals surface area contributed by atoms with Crippen molar-refractivity contribution in [3.05, 3.63) is 27.7 Å². The monoisotopic (exact) mass is 366 g/mol. The molecule has 0 saturated carbocycles. The number of benzene rings is 1. The fourth-order valence-corrected chi connectivity index (χ4v) is 2.21. The first kappa shape index (κ1) is 19.7. The van der Waals surface area contributed by atoms with Gasteiger partial charge in [0.25, 0.3) is 0 Å². The highest BCUT2D eigenvalue weighted by Gasteiger charge is 2.25. The Hall–Kier alpha value is -1.38. The molecule has 9 heteroatoms. The van der Waals surface area contributed by atoms with E-state index < -0.39 is 24.3 Å². The quantitative estimate of drug-likeness (QED) is 0.461. The van der Waals surface area contributed by atoms with Gasteiger partial charge in [0.15, 0.2) is 12.0 Å². The van der Waals surface area contributed by atoms with Crippen molar-refractivity contribution in [1.82, 2.24) is 0 Å². The Morgan fingerprint density at radius 1 is 1.26 bits per heavy atom. The summed E-state index contributed by atoms with van der Waals surface area (Å²) in [6, 6.07) is 2.86. The van der Waals surface area contributed by atoms with Gasteiger partial charge in [0, 0.05) is 6.42 Å². The first-order chi connectivity index (χ1) is 10.8. The minimum absolute atomic E-state index is 0.0566. The summed E-state index contributed by atoms with van der Waals surface area (Å²) in [6.45, 7) is -0.283. The van der Waals surface area contributed by atoms with Gasteiger partial charge < -0.3 is 29.6 Å². The molecule has 0 bridgehead atoms. The molecule has 0 aliphatic rings. The number of carbonyl (C=O) groups excluding carboxylic acids is 2. The highest BCUT2D eigenvalue weighted by molar-refractivity contribution is 6.37. The van der Waals surface area contributed by atoms with Crippen molar-refractivity contribution in [2.45, 2.75) is 24.7 Å². The molecule has 0 spiro atoms. The van der Waals surface area contributed by atoms with Crippen LogP contribution in [0.3, 0.4) is 0 Å². The lowest BCUT2D eigenvalue weighted by atomic mass is 10.1. The van der Waals surface area contributed by atoms with Crippen LogP contribution < -0.4 is 4.74 Å². The van der Waals surface area contributed by atoms with Crippen LogP contribution in [0, 0.1) is 0 Å². The molecule has 128 valence electrons. The number of halogens is 2. The maximum absolute atomic E-state index is 12.0. The number of hydrogen-bond acceptors (Lipinski definition) is 7. The van der Waals surface area contributed by atoms with Gasteiger partial charge >= 0.3 is 5.97 Å². The topological polar surface area (TPSA) is 113 Å². The molecular weight excluding hydrogens is 351 g/mol. The Morgan fingerprint density at radius 2 is 1.87 bits per heavy atom. The molecule has 0 saturated heterocycles. The molecular formula is C14H16Cl2O7. The van der Waals surface area contributed by atoms with Crippen LogP contribution in [0.4, 0.5) is 0 Å². The number of rotatable bonds is 8. The number of esters is 1. The van der Waals surface area contributed by atoms with Crippen molar-refractivity contribution < 1.29 is 34.4 Å². The van der Waals surface area contributed by atoms with E-state index in [1.807, 2.05) is 0 Å². The minimum Gasteiger partial charge on any atom is -0.494 e. The fourth-order valence-electron chi connectivity index (χ4n) is 1.75. The van der Waals surface area contributed by atoms with E-state index in [0.29, 0.717) is 0 Å². The summed E-state index contributed by atoms with van der Waals surface area (Å²) in [7, 11) is 1.31. The van der Waals surface area contributed by atoms with Crippen molar-refractivity contribution in [3.63, 3.8) is 0 Å². The smallest absolute Gasteiger partial charge is 0.343 e. The Morgan fingerprint density at radius 3 is 2.43 bits per heavy atom. The van der Waals surface area contributed by atoms with E-state index in [1.165, 1.54) is 19.2 Å². The standard InChI is InChI=1S/C14H16Cl2O7/c1-22-13-8(16)3-2-7(15)11(13)14(21)23-5-4-9(18)12(20)10(19)6-17/h2-3,6,9-10,12,18-20H,4-5H2,1H3. The third kappa shape index (κ3) is 5.05. The predicted molar refractivity (Wildman–Crippen MR) is 82.0 cm³/mol. The van der Waals surface area contributed by atoms with Gasteiger partial charge in [-0.2, -0.15) is 0 Å². The van der Waals surface area contributed by atoms with Crippen LogP contribution in [0.25, 0.3) is 0 Å². The van der Waals surface area contributed by atoms with Crippen molar-refractivity contribution in [1.29, 1.82) is 0 Å². The zero-order chi connectivity index (χ0) is 17.6. The summed E-state index contributed by atoms with van der Waals surface area (Å²) >= 11 is 11.8. The summed E-state index contributed by atoms with van der Waals surface area (Å²) in [5.74, 6) is -0.770. The Balaban J connectivity index is 2.68. The Kier molecular flexibility index (Phi) is 7.74. The van der Waals surface area contributed by atoms with Crippen LogP contribution in [0.2, 0.25) is 10.0 Å². The minimum atomic E-state index is -1.72. The van der Waals surface area contributed by atoms with Gasteiger partial charge in [-0.25, -0.2) is 4.79 Å². The number of aldehydes is 1. The van der Waals surface area contributed by atoms with Crippen LogP contribution in [0.1, 0.15) is 16.8 Å². The summed E-state index contributed by atoms with van der Waals surface area (Å²) in [4.78, 5) is 22.4. The molecule has 1 aromatic carbocycles. The van der Waals surface area contributed by atoms with E-state index in [1.54, 1.807) is 0 Å². The van der Waals surface area contributed by atoms with E-state index in [-0.39, 0.29) is 40.7 Å². The van der Waals surface area contributed by atoms with E-state index in [9.17, 15) is 19.8 Å². The zero-order valence-corrected chi connectivity index (χ0v) is 13.6. The van der Waals surface area contributed by atoms with E-state index in [2.05, 4.69) is 0 Å². The largest absolute Gasteiger partial charge is 0.494 e. The lowest BCUT2D eigenvalue weighted by Gasteiger charge is -2.19.